The molecule has 1 aromatic carbocycles. The van der Waals surface area contributed by atoms with Gasteiger partial charge in [0.15, 0.2) is 0 Å². The number of amides is 1. The van der Waals surface area contributed by atoms with Crippen LogP contribution in [-0.4, -0.2) is 37.5 Å². The number of carbonyl (C=O) groups excluding carboxylic acids is 1. The number of nitrogens with two attached hydrogens (primary N) is 1. The van der Waals surface area contributed by atoms with E-state index in [9.17, 15) is 9.18 Å². The van der Waals surface area contributed by atoms with E-state index in [0.717, 1.165) is 19.5 Å². The average molecular weight is 265 g/mol. The Bertz CT molecular complexity index is 467. The molecule has 104 valence electrons. The lowest BCUT2D eigenvalue weighted by Gasteiger charge is -2.12. The van der Waals surface area contributed by atoms with Crippen LogP contribution in [0.2, 0.25) is 0 Å². The summed E-state index contributed by atoms with van der Waals surface area (Å²) in [7, 11) is 2.07. The van der Waals surface area contributed by atoms with E-state index in [1.54, 1.807) is 6.92 Å². The summed E-state index contributed by atoms with van der Waals surface area (Å²) in [5, 5.41) is 2.85. The van der Waals surface area contributed by atoms with Crippen LogP contribution in [0.4, 0.5) is 10.1 Å². The quantitative estimate of drug-likeness (QED) is 0.812. The summed E-state index contributed by atoms with van der Waals surface area (Å²) in [6.45, 7) is 4.27. The largest absolute Gasteiger partial charge is 0.398 e. The van der Waals surface area contributed by atoms with Crippen molar-refractivity contribution in [2.75, 3.05) is 32.4 Å². The number of nitrogens with one attached hydrogen (secondary N) is 1. The zero-order valence-electron chi connectivity index (χ0n) is 11.4. The lowest BCUT2D eigenvalue weighted by Crippen LogP contribution is -2.30. The van der Waals surface area contributed by atoms with Crippen molar-refractivity contribution in [1.82, 2.24) is 10.2 Å². The fourth-order valence-electron chi connectivity index (χ4n) is 2.36. The molecule has 0 aromatic heterocycles. The smallest absolute Gasteiger partial charge is 0.251 e. The highest BCUT2D eigenvalue weighted by molar-refractivity contribution is 5.95. The molecule has 1 aliphatic rings. The highest BCUT2D eigenvalue weighted by Gasteiger charge is 2.20. The summed E-state index contributed by atoms with van der Waals surface area (Å²) in [6.07, 6.45) is 1.08. The molecular weight excluding hydrogens is 245 g/mol. The number of nitrogens with zero attached hydrogens (tertiary/aromatic N) is 1. The molecule has 1 fully saturated rings. The number of halogens is 1. The van der Waals surface area contributed by atoms with Crippen LogP contribution in [0.1, 0.15) is 22.3 Å². The number of benzene rings is 1. The molecule has 0 spiro atoms. The summed E-state index contributed by atoms with van der Waals surface area (Å²) >= 11 is 0. The van der Waals surface area contributed by atoms with E-state index in [0.29, 0.717) is 23.7 Å². The molecule has 0 radical (unpaired) electrons. The second-order valence-corrected chi connectivity index (χ2v) is 5.30. The van der Waals surface area contributed by atoms with Gasteiger partial charge < -0.3 is 16.0 Å². The van der Waals surface area contributed by atoms with Crippen molar-refractivity contribution in [3.63, 3.8) is 0 Å². The molecule has 2 rings (SSSR count). The Morgan fingerprint density at radius 3 is 2.89 bits per heavy atom. The monoisotopic (exact) mass is 265 g/mol. The fourth-order valence-corrected chi connectivity index (χ4v) is 2.36. The van der Waals surface area contributed by atoms with Gasteiger partial charge in [0.1, 0.15) is 5.82 Å². The Kier molecular flexibility index (Phi) is 4.04. The predicted octanol–water partition coefficient (Wildman–Crippen LogP) is 1.40. The van der Waals surface area contributed by atoms with Gasteiger partial charge in [-0.1, -0.05) is 0 Å². The van der Waals surface area contributed by atoms with Crippen molar-refractivity contribution in [3.05, 3.63) is 29.1 Å². The van der Waals surface area contributed by atoms with E-state index in [-0.39, 0.29) is 11.5 Å². The number of nitrogen functional groups attached to an aromatic ring is 1. The molecule has 3 N–H and O–H groups in total. The Morgan fingerprint density at radius 2 is 2.32 bits per heavy atom. The first-order valence-electron chi connectivity index (χ1n) is 6.49. The zero-order valence-corrected chi connectivity index (χ0v) is 11.4. The van der Waals surface area contributed by atoms with Gasteiger partial charge in [0.2, 0.25) is 0 Å². The normalized spacial score (nSPS) is 19.6. The molecule has 19 heavy (non-hydrogen) atoms. The number of anilines is 1. The molecule has 1 unspecified atom stereocenters. The van der Waals surface area contributed by atoms with E-state index in [1.165, 1.54) is 12.1 Å². The van der Waals surface area contributed by atoms with Crippen LogP contribution in [0.15, 0.2) is 12.1 Å². The Morgan fingerprint density at radius 1 is 1.58 bits per heavy atom. The van der Waals surface area contributed by atoms with Crippen LogP contribution in [0.25, 0.3) is 0 Å². The van der Waals surface area contributed by atoms with Gasteiger partial charge >= 0.3 is 0 Å². The van der Waals surface area contributed by atoms with Gasteiger partial charge in [-0.2, -0.15) is 0 Å². The molecule has 1 aliphatic heterocycles. The summed E-state index contributed by atoms with van der Waals surface area (Å²) in [5.41, 5.74) is 6.65. The lowest BCUT2D eigenvalue weighted by molar-refractivity contribution is 0.0947. The SMILES string of the molecule is Cc1c(N)cc(C(=O)NCC2CCN(C)C2)cc1F. The van der Waals surface area contributed by atoms with Gasteiger partial charge in [0.25, 0.3) is 5.91 Å². The van der Waals surface area contributed by atoms with E-state index in [1.807, 2.05) is 0 Å². The van der Waals surface area contributed by atoms with Crippen LogP contribution in [0.5, 0.6) is 0 Å². The van der Waals surface area contributed by atoms with Gasteiger partial charge in [0, 0.05) is 29.9 Å². The van der Waals surface area contributed by atoms with E-state index < -0.39 is 5.82 Å². The molecule has 1 amide bonds. The van der Waals surface area contributed by atoms with Crippen molar-refractivity contribution < 1.29 is 9.18 Å². The number of carbonyl (C=O) groups is 1. The third kappa shape index (κ3) is 3.23. The predicted molar refractivity (Wildman–Crippen MR) is 73.5 cm³/mol. The van der Waals surface area contributed by atoms with Crippen LogP contribution in [-0.2, 0) is 0 Å². The van der Waals surface area contributed by atoms with Crippen molar-refractivity contribution in [3.8, 4) is 0 Å². The maximum absolute atomic E-state index is 13.5. The maximum Gasteiger partial charge on any atom is 0.251 e. The summed E-state index contributed by atoms with van der Waals surface area (Å²) in [4.78, 5) is 14.2. The Hall–Kier alpha value is -1.62. The second-order valence-electron chi connectivity index (χ2n) is 5.30. The van der Waals surface area contributed by atoms with Crippen LogP contribution in [0.3, 0.4) is 0 Å². The highest BCUT2D eigenvalue weighted by Crippen LogP contribution is 2.18. The number of hydrogen-bond acceptors (Lipinski definition) is 3. The Labute approximate surface area is 112 Å². The van der Waals surface area contributed by atoms with Crippen LogP contribution in [0, 0.1) is 18.7 Å². The summed E-state index contributed by atoms with van der Waals surface area (Å²) in [5.74, 6) is -0.229. The lowest BCUT2D eigenvalue weighted by atomic mass is 10.1. The molecule has 1 heterocycles. The number of rotatable bonds is 3. The van der Waals surface area contributed by atoms with Crippen molar-refractivity contribution in [1.29, 1.82) is 0 Å². The topological polar surface area (TPSA) is 58.4 Å². The first-order valence-corrected chi connectivity index (χ1v) is 6.49. The first kappa shape index (κ1) is 13.8. The molecule has 0 bridgehead atoms. The molecule has 0 aliphatic carbocycles. The van der Waals surface area contributed by atoms with Gasteiger partial charge in [-0.3, -0.25) is 4.79 Å². The van der Waals surface area contributed by atoms with Gasteiger partial charge in [-0.15, -0.1) is 0 Å². The third-order valence-electron chi connectivity index (χ3n) is 3.69. The minimum Gasteiger partial charge on any atom is -0.398 e. The molecule has 5 heteroatoms. The fraction of sp³-hybridized carbons (Fsp3) is 0.500. The van der Waals surface area contributed by atoms with Crippen molar-refractivity contribution >= 4 is 11.6 Å². The molecule has 4 nitrogen and oxygen atoms in total. The van der Waals surface area contributed by atoms with Crippen LogP contribution >= 0.6 is 0 Å². The van der Waals surface area contributed by atoms with Gasteiger partial charge in [-0.25, -0.2) is 4.39 Å². The highest BCUT2D eigenvalue weighted by atomic mass is 19.1. The van der Waals surface area contributed by atoms with Gasteiger partial charge in [0.05, 0.1) is 0 Å². The van der Waals surface area contributed by atoms with Crippen LogP contribution < -0.4 is 11.1 Å². The van der Waals surface area contributed by atoms with Crippen molar-refractivity contribution in [2.24, 2.45) is 5.92 Å². The number of likely N-dealkylation sites (tertiary alicyclic amines) is 1. The molecular formula is C14H20FN3O. The average Bonchev–Trinajstić information content (AvgIpc) is 2.78. The second kappa shape index (κ2) is 5.57. The van der Waals surface area contributed by atoms with Gasteiger partial charge in [-0.05, 0) is 45.0 Å². The third-order valence-corrected chi connectivity index (χ3v) is 3.69. The zero-order chi connectivity index (χ0) is 14.0. The molecule has 0 saturated carbocycles. The Balaban J connectivity index is 1.96. The minimum absolute atomic E-state index is 0.264. The first-order chi connectivity index (χ1) is 8.97. The van der Waals surface area contributed by atoms with Crippen molar-refractivity contribution in [2.45, 2.75) is 13.3 Å². The molecule has 1 atom stereocenters. The van der Waals surface area contributed by atoms with E-state index in [4.69, 9.17) is 5.73 Å². The summed E-state index contributed by atoms with van der Waals surface area (Å²) < 4.78 is 13.5. The number of hydrogen-bond donors (Lipinski definition) is 2. The van der Waals surface area contributed by atoms with E-state index in [2.05, 4.69) is 17.3 Å². The summed E-state index contributed by atoms with van der Waals surface area (Å²) in [6, 6.07) is 2.76. The van der Waals surface area contributed by atoms with E-state index >= 15 is 0 Å². The standard InChI is InChI=1S/C14H20FN3O/c1-9-12(15)5-11(6-13(9)16)14(19)17-7-10-3-4-18(2)8-10/h5-6,10H,3-4,7-8,16H2,1-2H3,(H,17,19). The molecule has 1 saturated heterocycles. The minimum atomic E-state index is -0.439. The molecule has 1 aromatic rings. The maximum atomic E-state index is 13.5.